The Morgan fingerprint density at radius 1 is 1.25 bits per heavy atom. The molecule has 3 rings (SSSR count). The molecule has 0 aliphatic heterocycles. The molecule has 0 saturated carbocycles. The fourth-order valence-electron chi connectivity index (χ4n) is 2.28. The molecule has 0 aliphatic carbocycles. The first-order valence-electron chi connectivity index (χ1n) is 7.65. The zero-order valence-electron chi connectivity index (χ0n) is 13.2. The lowest BCUT2D eigenvalue weighted by Gasteiger charge is -2.08. The molecule has 0 bridgehead atoms. The van der Waals surface area contributed by atoms with Crippen LogP contribution in [-0.4, -0.2) is 15.5 Å². The Hall–Kier alpha value is -2.73. The van der Waals surface area contributed by atoms with Gasteiger partial charge in [0.05, 0.1) is 16.9 Å². The minimum Gasteiger partial charge on any atom is -0.325 e. The quantitative estimate of drug-likeness (QED) is 0.776. The van der Waals surface area contributed by atoms with Crippen molar-refractivity contribution in [3.8, 4) is 10.6 Å². The second kappa shape index (κ2) is 7.23. The molecule has 3 aromatic rings. The molecule has 0 radical (unpaired) electrons. The van der Waals surface area contributed by atoms with Crippen LogP contribution in [0.25, 0.3) is 10.6 Å². The van der Waals surface area contributed by atoms with E-state index in [4.69, 9.17) is 0 Å². The van der Waals surface area contributed by atoms with Gasteiger partial charge in [0.1, 0.15) is 6.54 Å². The van der Waals surface area contributed by atoms with Crippen LogP contribution in [-0.2, 0) is 17.8 Å². The van der Waals surface area contributed by atoms with Gasteiger partial charge in [-0.25, -0.2) is 4.98 Å². The van der Waals surface area contributed by atoms with Crippen LogP contribution in [0.4, 0.5) is 5.69 Å². The number of benzene rings is 1. The maximum absolute atomic E-state index is 12.2. The van der Waals surface area contributed by atoms with Gasteiger partial charge in [-0.05, 0) is 35.6 Å². The molecule has 1 N–H and O–H groups in total. The van der Waals surface area contributed by atoms with Crippen LogP contribution in [0.3, 0.4) is 0 Å². The molecule has 5 nitrogen and oxygen atoms in total. The van der Waals surface area contributed by atoms with Crippen LogP contribution in [0.2, 0.25) is 0 Å². The molecule has 0 spiro atoms. The number of aryl methyl sites for hydroxylation is 1. The van der Waals surface area contributed by atoms with Crippen molar-refractivity contribution in [1.82, 2.24) is 9.55 Å². The van der Waals surface area contributed by atoms with Gasteiger partial charge in [0.15, 0.2) is 0 Å². The summed E-state index contributed by atoms with van der Waals surface area (Å²) in [5.74, 6) is -0.257. The van der Waals surface area contributed by atoms with E-state index in [1.807, 2.05) is 41.8 Å². The molecule has 6 heteroatoms. The van der Waals surface area contributed by atoms with Gasteiger partial charge in [0.25, 0.3) is 5.56 Å². The van der Waals surface area contributed by atoms with E-state index in [-0.39, 0.29) is 18.0 Å². The van der Waals surface area contributed by atoms with Crippen LogP contribution in [0.15, 0.2) is 59.0 Å². The van der Waals surface area contributed by atoms with Crippen molar-refractivity contribution in [1.29, 1.82) is 0 Å². The van der Waals surface area contributed by atoms with Gasteiger partial charge in [-0.1, -0.05) is 25.1 Å². The number of rotatable bonds is 5. The Morgan fingerprint density at radius 2 is 2.04 bits per heavy atom. The van der Waals surface area contributed by atoms with Crippen molar-refractivity contribution in [3.63, 3.8) is 0 Å². The zero-order chi connectivity index (χ0) is 16.9. The minimum atomic E-state index is -0.257. The Bertz CT molecular complexity index is 883. The van der Waals surface area contributed by atoms with Crippen LogP contribution in [0.5, 0.6) is 0 Å². The third-order valence-corrected chi connectivity index (χ3v) is 4.51. The summed E-state index contributed by atoms with van der Waals surface area (Å²) in [5.41, 5.74) is 2.30. The Kier molecular flexibility index (Phi) is 4.86. The fourth-order valence-corrected chi connectivity index (χ4v) is 2.98. The molecule has 24 heavy (non-hydrogen) atoms. The smallest absolute Gasteiger partial charge is 0.254 e. The first-order valence-corrected chi connectivity index (χ1v) is 8.53. The molecule has 1 aromatic carbocycles. The van der Waals surface area contributed by atoms with Gasteiger partial charge in [-0.2, -0.15) is 0 Å². The van der Waals surface area contributed by atoms with E-state index in [0.717, 1.165) is 11.3 Å². The molecule has 2 aromatic heterocycles. The van der Waals surface area contributed by atoms with E-state index in [1.54, 1.807) is 0 Å². The third kappa shape index (κ3) is 3.78. The molecule has 0 atom stereocenters. The van der Waals surface area contributed by atoms with Gasteiger partial charge in [0.2, 0.25) is 5.91 Å². The van der Waals surface area contributed by atoms with E-state index >= 15 is 0 Å². The summed E-state index contributed by atoms with van der Waals surface area (Å²) in [6.45, 7) is 2.01. The highest BCUT2D eigenvalue weighted by molar-refractivity contribution is 7.13. The lowest BCUT2D eigenvalue weighted by atomic mass is 10.1. The lowest BCUT2D eigenvalue weighted by Crippen LogP contribution is -2.27. The number of carbonyl (C=O) groups is 1. The number of hydrogen-bond donors (Lipinski definition) is 1. The van der Waals surface area contributed by atoms with Crippen molar-refractivity contribution >= 4 is 22.9 Å². The molecular weight excluding hydrogens is 322 g/mol. The summed E-state index contributed by atoms with van der Waals surface area (Å²) in [7, 11) is 0. The number of hydrogen-bond acceptors (Lipinski definition) is 4. The minimum absolute atomic E-state index is 0.0634. The number of aromatic nitrogens is 2. The molecule has 0 fully saturated rings. The Morgan fingerprint density at radius 3 is 2.67 bits per heavy atom. The van der Waals surface area contributed by atoms with Crippen LogP contribution in [0, 0.1) is 0 Å². The third-order valence-electron chi connectivity index (χ3n) is 3.61. The molecule has 0 aliphatic rings. The molecule has 2 heterocycles. The van der Waals surface area contributed by atoms with Crippen LogP contribution >= 0.6 is 11.3 Å². The van der Waals surface area contributed by atoms with Crippen molar-refractivity contribution in [3.05, 3.63) is 70.1 Å². The summed E-state index contributed by atoms with van der Waals surface area (Å²) in [6.07, 6.45) is 2.36. The van der Waals surface area contributed by atoms with Gasteiger partial charge >= 0.3 is 0 Å². The molecule has 0 unspecified atom stereocenters. The van der Waals surface area contributed by atoms with Gasteiger partial charge < -0.3 is 5.32 Å². The van der Waals surface area contributed by atoms with E-state index in [2.05, 4.69) is 17.2 Å². The highest BCUT2D eigenvalue weighted by atomic mass is 32.1. The monoisotopic (exact) mass is 339 g/mol. The topological polar surface area (TPSA) is 64.0 Å². The average molecular weight is 339 g/mol. The zero-order valence-corrected chi connectivity index (χ0v) is 14.0. The summed E-state index contributed by atoms with van der Waals surface area (Å²) in [6, 6.07) is 12.9. The maximum atomic E-state index is 12.2. The van der Waals surface area contributed by atoms with Crippen LogP contribution < -0.4 is 10.9 Å². The highest BCUT2D eigenvalue weighted by Gasteiger charge is 2.08. The van der Waals surface area contributed by atoms with Crippen molar-refractivity contribution in [2.24, 2.45) is 0 Å². The molecule has 122 valence electrons. The predicted molar refractivity (Wildman–Crippen MR) is 96.3 cm³/mol. The predicted octanol–water partition coefficient (Wildman–Crippen LogP) is 3.17. The Labute approximate surface area is 143 Å². The van der Waals surface area contributed by atoms with E-state index in [0.29, 0.717) is 11.4 Å². The van der Waals surface area contributed by atoms with E-state index < -0.39 is 0 Å². The normalized spacial score (nSPS) is 10.5. The summed E-state index contributed by atoms with van der Waals surface area (Å²) in [5, 5.41) is 4.72. The SMILES string of the molecule is CCc1ccc(NC(=O)Cn2cnc(-c3cccs3)cc2=O)cc1. The first-order chi connectivity index (χ1) is 11.7. The summed E-state index contributed by atoms with van der Waals surface area (Å²) < 4.78 is 1.30. The van der Waals surface area contributed by atoms with Crippen LogP contribution in [0.1, 0.15) is 12.5 Å². The number of amides is 1. The number of thiophene rings is 1. The molecule has 0 saturated heterocycles. The molecular formula is C18H17N3O2S. The average Bonchev–Trinajstić information content (AvgIpc) is 3.12. The maximum Gasteiger partial charge on any atom is 0.254 e. The van der Waals surface area contributed by atoms with Crippen molar-refractivity contribution in [2.75, 3.05) is 5.32 Å². The Balaban J connectivity index is 1.68. The van der Waals surface area contributed by atoms with E-state index in [9.17, 15) is 9.59 Å². The summed E-state index contributed by atoms with van der Waals surface area (Å²) in [4.78, 5) is 29.4. The number of anilines is 1. The highest BCUT2D eigenvalue weighted by Crippen LogP contribution is 2.20. The van der Waals surface area contributed by atoms with Gasteiger partial charge in [-0.15, -0.1) is 11.3 Å². The largest absolute Gasteiger partial charge is 0.325 e. The number of nitrogens with one attached hydrogen (secondary N) is 1. The number of nitrogens with zero attached hydrogens (tertiary/aromatic N) is 2. The van der Waals surface area contributed by atoms with E-state index in [1.165, 1.54) is 33.9 Å². The standard InChI is InChI=1S/C18H17N3O2S/c1-2-13-5-7-14(8-6-13)20-17(22)11-21-12-19-15(10-18(21)23)16-4-3-9-24-16/h3-10,12H,2,11H2,1H3,(H,20,22). The fraction of sp³-hybridized carbons (Fsp3) is 0.167. The second-order valence-corrected chi connectivity index (χ2v) is 6.26. The number of carbonyl (C=O) groups excluding carboxylic acids is 1. The van der Waals surface area contributed by atoms with Crippen molar-refractivity contribution in [2.45, 2.75) is 19.9 Å². The van der Waals surface area contributed by atoms with Crippen molar-refractivity contribution < 1.29 is 4.79 Å². The van der Waals surface area contributed by atoms with Gasteiger partial charge in [0, 0.05) is 11.8 Å². The first kappa shape index (κ1) is 16.1. The van der Waals surface area contributed by atoms with Gasteiger partial charge in [-0.3, -0.25) is 14.2 Å². The second-order valence-electron chi connectivity index (χ2n) is 5.32. The molecule has 1 amide bonds. The lowest BCUT2D eigenvalue weighted by molar-refractivity contribution is -0.116. The summed E-state index contributed by atoms with van der Waals surface area (Å²) >= 11 is 1.52.